The Hall–Kier alpha value is -2.76. The molecule has 0 heterocycles. The molecule has 0 fully saturated rings. The molecule has 0 aliphatic rings. The van der Waals surface area contributed by atoms with Crippen molar-refractivity contribution in [1.29, 1.82) is 0 Å². The van der Waals surface area contributed by atoms with Gasteiger partial charge in [0.1, 0.15) is 0 Å². The SMILES string of the molecule is O=C(O)CN([N+](=O)[O-])S(=O)(=O)c1ccc([N+](=O)[O-])cc1. The van der Waals surface area contributed by atoms with Crippen LogP contribution in [0.4, 0.5) is 5.69 Å². The smallest absolute Gasteiger partial charge is 0.330 e. The Morgan fingerprint density at radius 2 is 1.70 bits per heavy atom. The standard InChI is InChI=1S/C8H7N3O8S/c12-8(13)5-9(11(16)17)20(18,19)7-3-1-6(2-4-7)10(14)15/h1-4H,5H2,(H,12,13). The van der Waals surface area contributed by atoms with Gasteiger partial charge >= 0.3 is 16.0 Å². The molecule has 0 saturated carbocycles. The molecule has 0 bridgehead atoms. The van der Waals surface area contributed by atoms with Gasteiger partial charge in [-0.25, -0.2) is 10.1 Å². The van der Waals surface area contributed by atoms with Crippen molar-refractivity contribution < 1.29 is 28.3 Å². The fourth-order valence-electron chi connectivity index (χ4n) is 1.21. The van der Waals surface area contributed by atoms with Gasteiger partial charge in [-0.15, -0.1) is 0 Å². The van der Waals surface area contributed by atoms with Crippen molar-refractivity contribution in [2.24, 2.45) is 0 Å². The lowest BCUT2D eigenvalue weighted by atomic mass is 10.3. The zero-order chi connectivity index (χ0) is 15.5. The molecule has 0 atom stereocenters. The fourth-order valence-corrected chi connectivity index (χ4v) is 2.39. The Balaban J connectivity index is 3.22. The molecular formula is C8H7N3O8S. The monoisotopic (exact) mass is 305 g/mol. The number of carbonyl (C=O) groups is 1. The van der Waals surface area contributed by atoms with Crippen LogP contribution in [0, 0.1) is 20.2 Å². The van der Waals surface area contributed by atoms with Gasteiger partial charge < -0.3 is 5.11 Å². The van der Waals surface area contributed by atoms with E-state index >= 15 is 0 Å². The van der Waals surface area contributed by atoms with Crippen LogP contribution in [0.1, 0.15) is 0 Å². The number of rotatable bonds is 6. The molecule has 0 saturated heterocycles. The summed E-state index contributed by atoms with van der Waals surface area (Å²) in [5.41, 5.74) is -0.408. The van der Waals surface area contributed by atoms with Gasteiger partial charge in [0.15, 0.2) is 11.6 Å². The zero-order valence-corrected chi connectivity index (χ0v) is 10.4. The summed E-state index contributed by atoms with van der Waals surface area (Å²) in [4.78, 5) is 30.1. The van der Waals surface area contributed by atoms with E-state index in [1.54, 1.807) is 0 Å². The summed E-state index contributed by atoms with van der Waals surface area (Å²) in [6, 6.07) is 3.25. The maximum atomic E-state index is 11.8. The molecule has 0 aliphatic heterocycles. The van der Waals surface area contributed by atoms with E-state index in [9.17, 15) is 33.4 Å². The predicted molar refractivity (Wildman–Crippen MR) is 61.6 cm³/mol. The molecule has 11 nitrogen and oxygen atoms in total. The Morgan fingerprint density at radius 3 is 2.05 bits per heavy atom. The Morgan fingerprint density at radius 1 is 1.20 bits per heavy atom. The van der Waals surface area contributed by atoms with Crippen LogP contribution in [0.3, 0.4) is 0 Å². The number of aliphatic carboxylic acids is 1. The zero-order valence-electron chi connectivity index (χ0n) is 9.57. The highest BCUT2D eigenvalue weighted by atomic mass is 32.2. The summed E-state index contributed by atoms with van der Waals surface area (Å²) in [6.07, 6.45) is 0. The molecule has 0 unspecified atom stereocenters. The third kappa shape index (κ3) is 3.17. The van der Waals surface area contributed by atoms with E-state index < -0.39 is 47.5 Å². The van der Waals surface area contributed by atoms with Crippen molar-refractivity contribution in [2.75, 3.05) is 6.54 Å². The molecule has 0 amide bonds. The number of hydrogen-bond acceptors (Lipinski definition) is 7. The minimum Gasteiger partial charge on any atom is -0.480 e. The van der Waals surface area contributed by atoms with E-state index in [0.29, 0.717) is 0 Å². The Bertz CT molecular complexity index is 653. The molecular weight excluding hydrogens is 298 g/mol. The van der Waals surface area contributed by atoms with Gasteiger partial charge in [0.25, 0.3) is 5.69 Å². The van der Waals surface area contributed by atoms with E-state index in [4.69, 9.17) is 5.11 Å². The van der Waals surface area contributed by atoms with Crippen LogP contribution in [0.15, 0.2) is 29.2 Å². The number of nitrogens with zero attached hydrogens (tertiary/aromatic N) is 3. The second-order valence-electron chi connectivity index (χ2n) is 3.37. The van der Waals surface area contributed by atoms with E-state index in [0.717, 1.165) is 24.3 Å². The molecule has 20 heavy (non-hydrogen) atoms. The number of non-ortho nitro benzene ring substituents is 1. The minimum absolute atomic E-state index is 0.408. The fraction of sp³-hybridized carbons (Fsp3) is 0.125. The Kier molecular flexibility index (Phi) is 4.19. The van der Waals surface area contributed by atoms with Crippen molar-refractivity contribution in [3.8, 4) is 0 Å². The molecule has 12 heteroatoms. The topological polar surface area (TPSA) is 161 Å². The largest absolute Gasteiger partial charge is 0.480 e. The van der Waals surface area contributed by atoms with E-state index in [1.807, 2.05) is 0 Å². The highest BCUT2D eigenvalue weighted by Gasteiger charge is 2.35. The average molecular weight is 305 g/mol. The van der Waals surface area contributed by atoms with Gasteiger partial charge in [0, 0.05) is 16.5 Å². The van der Waals surface area contributed by atoms with Crippen LogP contribution < -0.4 is 0 Å². The molecule has 0 aliphatic carbocycles. The van der Waals surface area contributed by atoms with Gasteiger partial charge in [0.2, 0.25) is 0 Å². The lowest BCUT2D eigenvalue weighted by Gasteiger charge is -2.11. The molecule has 0 aromatic heterocycles. The second kappa shape index (κ2) is 5.48. The third-order valence-corrected chi connectivity index (χ3v) is 3.76. The summed E-state index contributed by atoms with van der Waals surface area (Å²) >= 11 is 0. The Labute approximate surface area is 111 Å². The first kappa shape index (κ1) is 15.3. The maximum Gasteiger partial charge on any atom is 0.330 e. The molecule has 0 radical (unpaired) electrons. The lowest BCUT2D eigenvalue weighted by Crippen LogP contribution is -2.40. The summed E-state index contributed by atoms with van der Waals surface area (Å²) in [5, 5.41) is 28.1. The predicted octanol–water partition coefficient (Wildman–Crippen LogP) is -0.138. The molecule has 1 aromatic carbocycles. The van der Waals surface area contributed by atoms with Crippen molar-refractivity contribution >= 4 is 21.7 Å². The number of carboxylic acid groups (broad SMARTS) is 1. The third-order valence-electron chi connectivity index (χ3n) is 2.08. The number of sulfonamides is 1. The highest BCUT2D eigenvalue weighted by Crippen LogP contribution is 2.19. The quantitative estimate of drug-likeness (QED) is 0.561. The minimum atomic E-state index is -4.71. The second-order valence-corrected chi connectivity index (χ2v) is 5.21. The van der Waals surface area contributed by atoms with Crippen LogP contribution in [-0.4, -0.2) is 40.4 Å². The van der Waals surface area contributed by atoms with Crippen LogP contribution in [0.25, 0.3) is 0 Å². The van der Waals surface area contributed by atoms with E-state index in [1.165, 1.54) is 0 Å². The van der Waals surface area contributed by atoms with Crippen LogP contribution in [0.5, 0.6) is 0 Å². The maximum absolute atomic E-state index is 11.8. The van der Waals surface area contributed by atoms with E-state index in [-0.39, 0.29) is 0 Å². The van der Waals surface area contributed by atoms with Gasteiger partial charge in [-0.3, -0.25) is 14.9 Å². The summed E-state index contributed by atoms with van der Waals surface area (Å²) in [7, 11) is -4.71. The first-order valence-electron chi connectivity index (χ1n) is 4.79. The number of benzene rings is 1. The lowest BCUT2D eigenvalue weighted by molar-refractivity contribution is -0.617. The average Bonchev–Trinajstić information content (AvgIpc) is 2.35. The number of carboxylic acids is 1. The van der Waals surface area contributed by atoms with Crippen molar-refractivity contribution in [2.45, 2.75) is 4.90 Å². The van der Waals surface area contributed by atoms with Gasteiger partial charge in [-0.1, -0.05) is 0 Å². The van der Waals surface area contributed by atoms with Gasteiger partial charge in [-0.05, 0) is 12.1 Å². The number of hydrazine groups is 1. The van der Waals surface area contributed by atoms with E-state index in [2.05, 4.69) is 0 Å². The molecule has 1 N–H and O–H groups in total. The summed E-state index contributed by atoms with van der Waals surface area (Å²) in [6.45, 7) is -1.37. The van der Waals surface area contributed by atoms with Crippen LogP contribution in [-0.2, 0) is 14.8 Å². The highest BCUT2D eigenvalue weighted by molar-refractivity contribution is 7.89. The van der Waals surface area contributed by atoms with Crippen LogP contribution >= 0.6 is 0 Å². The van der Waals surface area contributed by atoms with Crippen molar-refractivity contribution in [3.05, 3.63) is 44.5 Å². The normalized spacial score (nSPS) is 10.8. The van der Waals surface area contributed by atoms with Crippen molar-refractivity contribution in [1.82, 2.24) is 4.41 Å². The van der Waals surface area contributed by atoms with Gasteiger partial charge in [0.05, 0.1) is 9.82 Å². The van der Waals surface area contributed by atoms with Gasteiger partial charge in [-0.2, -0.15) is 8.42 Å². The first-order valence-corrected chi connectivity index (χ1v) is 6.23. The van der Waals surface area contributed by atoms with Crippen molar-refractivity contribution in [3.63, 3.8) is 0 Å². The van der Waals surface area contributed by atoms with Crippen LogP contribution in [0.2, 0.25) is 0 Å². The first-order chi connectivity index (χ1) is 9.16. The molecule has 108 valence electrons. The molecule has 1 aromatic rings. The number of nitro groups is 2. The molecule has 0 spiro atoms. The molecule has 1 rings (SSSR count). The summed E-state index contributed by atoms with van der Waals surface area (Å²) in [5.74, 6) is -1.72. The number of hydrogen-bond donors (Lipinski definition) is 1. The summed E-state index contributed by atoms with van der Waals surface area (Å²) < 4.78 is 23.2. The number of nitro benzene ring substituents is 1.